The van der Waals surface area contributed by atoms with E-state index >= 15 is 9.59 Å². The Bertz CT molecular complexity index is 2630. The van der Waals surface area contributed by atoms with Gasteiger partial charge in [0.2, 0.25) is 0 Å². The van der Waals surface area contributed by atoms with E-state index in [0.29, 0.717) is 11.1 Å². The van der Waals surface area contributed by atoms with Gasteiger partial charge >= 0.3 is 0 Å². The maximum atomic E-state index is 15.2. The Hall–Kier alpha value is -6.44. The van der Waals surface area contributed by atoms with Crippen LogP contribution in [0.5, 0.6) is 0 Å². The van der Waals surface area contributed by atoms with Crippen LogP contribution in [-0.2, 0) is 5.41 Å². The van der Waals surface area contributed by atoms with Crippen LogP contribution in [0.15, 0.2) is 218 Å². The van der Waals surface area contributed by atoms with Crippen LogP contribution in [0.2, 0.25) is 0 Å². The topological polar surface area (TPSA) is 58.2 Å². The van der Waals surface area contributed by atoms with Crippen molar-refractivity contribution in [2.24, 2.45) is 0 Å². The van der Waals surface area contributed by atoms with Gasteiger partial charge in [-0.1, -0.05) is 206 Å². The molecule has 5 atom stereocenters. The Morgan fingerprint density at radius 2 is 0.656 bits per heavy atom. The summed E-state index contributed by atoms with van der Waals surface area (Å²) in [5.74, 6) is -0.283. The number of carbonyl (C=O) groups is 2. The third-order valence-electron chi connectivity index (χ3n) is 13.0. The highest BCUT2D eigenvalue weighted by Gasteiger charge is 2.74. The van der Waals surface area contributed by atoms with Gasteiger partial charge in [0.15, 0.2) is 0 Å². The highest BCUT2D eigenvalue weighted by molar-refractivity contribution is 7.80. The molecule has 3 aliphatic carbocycles. The summed E-state index contributed by atoms with van der Waals surface area (Å²) in [6.07, 6.45) is 0. The molecule has 4 nitrogen and oxygen atoms in total. The summed E-state index contributed by atoms with van der Waals surface area (Å²) in [7, 11) is -2.09. The average Bonchev–Trinajstić information content (AvgIpc) is 3.50. The van der Waals surface area contributed by atoms with Gasteiger partial charge in [0.05, 0.1) is 12.1 Å². The zero-order valence-corrected chi connectivity index (χ0v) is 35.1. The number of rotatable bonds is 10. The van der Waals surface area contributed by atoms with E-state index in [-0.39, 0.29) is 41.1 Å². The van der Waals surface area contributed by atoms with Crippen molar-refractivity contribution in [2.45, 2.75) is 29.3 Å². The summed E-state index contributed by atoms with van der Waals surface area (Å²) < 4.78 is 0. The maximum absolute atomic E-state index is 15.2. The number of hydrogen-bond acceptors (Lipinski definition) is 2. The maximum Gasteiger partial charge on any atom is 0.252 e. The van der Waals surface area contributed by atoms with Crippen LogP contribution in [-0.4, -0.2) is 23.9 Å². The molecular weight excluding hydrogens is 783 g/mol. The Morgan fingerprint density at radius 1 is 0.361 bits per heavy atom. The highest BCUT2D eigenvalue weighted by Crippen LogP contribution is 2.75. The van der Waals surface area contributed by atoms with Gasteiger partial charge in [-0.15, -0.1) is 0 Å². The molecule has 294 valence electrons. The molecule has 0 aromatic heterocycles. The molecule has 0 bridgehead atoms. The Balaban J connectivity index is 1.01. The predicted octanol–water partition coefficient (Wildman–Crippen LogP) is 8.29. The van der Waals surface area contributed by atoms with Gasteiger partial charge in [0, 0.05) is 28.4 Å². The van der Waals surface area contributed by atoms with Crippen LogP contribution in [0.25, 0.3) is 0 Å². The summed E-state index contributed by atoms with van der Waals surface area (Å²) in [6, 6.07) is 74.9. The summed E-state index contributed by atoms with van der Waals surface area (Å²) in [5, 5.41) is 14.0. The molecule has 8 aromatic carbocycles. The number of benzene rings is 8. The molecule has 11 rings (SSSR count). The van der Waals surface area contributed by atoms with E-state index in [1.807, 2.05) is 60.7 Å². The van der Waals surface area contributed by atoms with E-state index < -0.39 is 15.8 Å². The SMILES string of the molecule is O=C(N[C@H]1[C@H](NC(=O)c2ccccc2P(c2ccccc2)c2ccccc2)C2c3ccccc3C23c2ccccc2[C@H]13)c1ccccc1P(c1ccccc1)c1ccccc1. The van der Waals surface area contributed by atoms with E-state index in [2.05, 4.69) is 168 Å². The molecule has 8 aromatic rings. The van der Waals surface area contributed by atoms with Crippen molar-refractivity contribution < 1.29 is 9.59 Å². The lowest BCUT2D eigenvalue weighted by Gasteiger charge is -2.58. The summed E-state index contributed by atoms with van der Waals surface area (Å²) in [6.45, 7) is 0. The Morgan fingerprint density at radius 3 is 1.02 bits per heavy atom. The number of hydrogen-bond donors (Lipinski definition) is 2. The molecule has 0 radical (unpaired) electrons. The van der Waals surface area contributed by atoms with Crippen molar-refractivity contribution in [1.29, 1.82) is 0 Å². The first kappa shape index (κ1) is 37.6. The van der Waals surface area contributed by atoms with Crippen molar-refractivity contribution in [3.63, 3.8) is 0 Å². The standard InChI is InChI=1S/C55H42N2O2P2/c58-53(43-31-15-19-35-47(43)60(37-21-5-1-6-22-37)38-23-7-2-8-24-38)56-51-49-41-29-13-17-33-45(41)55(49)46-34-18-14-30-42(46)50(55)52(51)57-54(59)44-32-16-20-36-48(44)61(39-25-9-3-10-26-39)40-27-11-4-12-28-40/h1-36,49-52H,(H,56,58)(H,57,59)/t49-,50?,51-,52-,55?/m1/s1. The fraction of sp³-hybridized carbons (Fsp3) is 0.0909. The molecule has 61 heavy (non-hydrogen) atoms. The van der Waals surface area contributed by atoms with Gasteiger partial charge < -0.3 is 10.6 Å². The van der Waals surface area contributed by atoms with Gasteiger partial charge in [0.25, 0.3) is 11.8 Å². The van der Waals surface area contributed by atoms with Gasteiger partial charge in [0.1, 0.15) is 0 Å². The summed E-state index contributed by atoms with van der Waals surface area (Å²) in [5.41, 5.74) is 6.08. The molecule has 1 fully saturated rings. The van der Waals surface area contributed by atoms with Crippen molar-refractivity contribution >= 4 is 59.5 Å². The third-order valence-corrected chi connectivity index (χ3v) is 18.0. The van der Waals surface area contributed by atoms with Crippen LogP contribution in [0.1, 0.15) is 54.8 Å². The van der Waals surface area contributed by atoms with E-state index in [0.717, 1.165) is 10.6 Å². The first-order valence-electron chi connectivity index (χ1n) is 20.9. The van der Waals surface area contributed by atoms with Crippen molar-refractivity contribution in [3.8, 4) is 0 Å². The molecule has 6 heteroatoms. The van der Waals surface area contributed by atoms with Gasteiger partial charge in [-0.25, -0.2) is 0 Å². The third kappa shape index (κ3) is 6.04. The van der Waals surface area contributed by atoms with Gasteiger partial charge in [-0.2, -0.15) is 0 Å². The molecule has 2 N–H and O–H groups in total. The zero-order valence-electron chi connectivity index (χ0n) is 33.3. The zero-order chi connectivity index (χ0) is 40.9. The second-order valence-electron chi connectivity index (χ2n) is 16.0. The van der Waals surface area contributed by atoms with Crippen LogP contribution < -0.4 is 42.5 Å². The molecule has 1 spiro atoms. The monoisotopic (exact) mass is 824 g/mol. The number of nitrogens with one attached hydrogen (secondary N) is 2. The Labute approximate surface area is 359 Å². The van der Waals surface area contributed by atoms with E-state index in [9.17, 15) is 0 Å². The highest BCUT2D eigenvalue weighted by atomic mass is 31.1. The van der Waals surface area contributed by atoms with Crippen molar-refractivity contribution in [3.05, 3.63) is 252 Å². The number of fused-ring (bicyclic) bond motifs is 4. The fourth-order valence-corrected chi connectivity index (χ4v) is 15.6. The van der Waals surface area contributed by atoms with E-state index in [1.165, 1.54) is 43.5 Å². The molecule has 0 heterocycles. The molecule has 0 aliphatic heterocycles. The molecular formula is C55H42N2O2P2. The molecule has 1 saturated carbocycles. The lowest BCUT2D eigenvalue weighted by atomic mass is 9.43. The van der Waals surface area contributed by atoms with E-state index in [4.69, 9.17) is 0 Å². The summed E-state index contributed by atoms with van der Waals surface area (Å²) >= 11 is 0. The smallest absolute Gasteiger partial charge is 0.252 e. The molecule has 2 amide bonds. The summed E-state index contributed by atoms with van der Waals surface area (Å²) in [4.78, 5) is 30.5. The normalized spacial score (nSPS) is 20.3. The predicted molar refractivity (Wildman–Crippen MR) is 252 cm³/mol. The largest absolute Gasteiger partial charge is 0.347 e. The average molecular weight is 825 g/mol. The minimum absolute atomic E-state index is 0.0178. The van der Waals surface area contributed by atoms with Crippen molar-refractivity contribution in [1.82, 2.24) is 10.6 Å². The van der Waals surface area contributed by atoms with Crippen molar-refractivity contribution in [2.75, 3.05) is 0 Å². The lowest BCUT2D eigenvalue weighted by Crippen LogP contribution is -2.54. The molecule has 2 unspecified atom stereocenters. The lowest BCUT2D eigenvalue weighted by molar-refractivity contribution is 0.0886. The quantitative estimate of drug-likeness (QED) is 0.137. The Kier molecular flexibility index (Phi) is 9.57. The minimum atomic E-state index is -1.04. The van der Waals surface area contributed by atoms with Crippen LogP contribution in [0, 0.1) is 0 Å². The van der Waals surface area contributed by atoms with Crippen LogP contribution in [0.4, 0.5) is 0 Å². The molecule has 3 aliphatic rings. The first-order chi connectivity index (χ1) is 30.1. The fourth-order valence-electron chi connectivity index (χ4n) is 10.7. The second-order valence-corrected chi connectivity index (χ2v) is 20.4. The first-order valence-corrected chi connectivity index (χ1v) is 23.6. The molecule has 0 saturated heterocycles. The number of carbonyl (C=O) groups excluding carboxylic acids is 2. The second kappa shape index (κ2) is 15.5. The van der Waals surface area contributed by atoms with E-state index in [1.54, 1.807) is 0 Å². The van der Waals surface area contributed by atoms with Gasteiger partial charge in [-0.3, -0.25) is 9.59 Å². The van der Waals surface area contributed by atoms with Gasteiger partial charge in [-0.05, 0) is 82.1 Å². The van der Waals surface area contributed by atoms with Crippen LogP contribution in [0.3, 0.4) is 0 Å². The minimum Gasteiger partial charge on any atom is -0.347 e. The van der Waals surface area contributed by atoms with Crippen LogP contribution >= 0.6 is 15.8 Å². The number of amides is 2.